The summed E-state index contributed by atoms with van der Waals surface area (Å²) >= 11 is 0. The predicted molar refractivity (Wildman–Crippen MR) is 113 cm³/mol. The van der Waals surface area contributed by atoms with Crippen LogP contribution < -0.4 is 22.1 Å². The molecule has 0 saturated carbocycles. The van der Waals surface area contributed by atoms with Gasteiger partial charge in [0.25, 0.3) is 0 Å². The fourth-order valence-electron chi connectivity index (χ4n) is 3.55. The second-order valence-electron chi connectivity index (χ2n) is 7.81. The number of H-pyrrole nitrogens is 1. The lowest BCUT2D eigenvalue weighted by atomic mass is 10.1. The number of nitrogens with two attached hydrogens (primary N) is 2. The second-order valence-corrected chi connectivity index (χ2v) is 7.81. The van der Waals surface area contributed by atoms with Crippen molar-refractivity contribution >= 4 is 35.6 Å². The standard InChI is InChI=1S/C19H27N7O8/c20-10(4-9-7-22-8-23-9)16(30)24-11(6-15(28)29)17(31)25-12(5-14(21)27)18(32)26-3-1-2-13(26)19(33)34/h7-8,10-13H,1-6,20H2,(H2,21,27)(H,22,23)(H,24,30)(H,25,31)(H,28,29)(H,33,34). The molecule has 0 bridgehead atoms. The van der Waals surface area contributed by atoms with E-state index in [1.165, 1.54) is 12.5 Å². The Labute approximate surface area is 193 Å². The molecule has 9 N–H and O–H groups in total. The van der Waals surface area contributed by atoms with Gasteiger partial charge in [-0.2, -0.15) is 0 Å². The van der Waals surface area contributed by atoms with Gasteiger partial charge < -0.3 is 42.2 Å². The van der Waals surface area contributed by atoms with E-state index in [4.69, 9.17) is 16.6 Å². The van der Waals surface area contributed by atoms with E-state index >= 15 is 0 Å². The molecule has 1 aliphatic rings. The molecular weight excluding hydrogens is 454 g/mol. The van der Waals surface area contributed by atoms with Crippen molar-refractivity contribution < 1.29 is 39.0 Å². The average molecular weight is 481 g/mol. The summed E-state index contributed by atoms with van der Waals surface area (Å²) in [6.07, 6.45) is 1.97. The number of nitrogens with zero attached hydrogens (tertiary/aromatic N) is 2. The maximum absolute atomic E-state index is 12.9. The molecule has 186 valence electrons. The molecule has 4 unspecified atom stereocenters. The number of rotatable bonds is 12. The molecule has 15 heteroatoms. The van der Waals surface area contributed by atoms with Crippen LogP contribution in [0.4, 0.5) is 0 Å². The first-order valence-electron chi connectivity index (χ1n) is 10.4. The van der Waals surface area contributed by atoms with E-state index in [-0.39, 0.29) is 19.4 Å². The van der Waals surface area contributed by atoms with Crippen LogP contribution in [0, 0.1) is 0 Å². The third kappa shape index (κ3) is 7.26. The van der Waals surface area contributed by atoms with Crippen molar-refractivity contribution in [3.63, 3.8) is 0 Å². The number of aromatic amines is 1. The maximum Gasteiger partial charge on any atom is 0.326 e. The Morgan fingerprint density at radius 3 is 2.35 bits per heavy atom. The van der Waals surface area contributed by atoms with E-state index in [9.17, 15) is 33.9 Å². The Morgan fingerprint density at radius 2 is 1.79 bits per heavy atom. The summed E-state index contributed by atoms with van der Waals surface area (Å²) in [6.45, 7) is 0.0959. The normalized spacial score (nSPS) is 17.9. The van der Waals surface area contributed by atoms with Crippen LogP contribution in [0.1, 0.15) is 31.4 Å². The van der Waals surface area contributed by atoms with Crippen molar-refractivity contribution in [2.45, 2.75) is 56.3 Å². The van der Waals surface area contributed by atoms with Crippen LogP contribution in [-0.4, -0.2) is 91.4 Å². The van der Waals surface area contributed by atoms with E-state index in [0.717, 1.165) is 4.90 Å². The van der Waals surface area contributed by atoms with Gasteiger partial charge in [0.05, 0.1) is 25.2 Å². The number of likely N-dealkylation sites (tertiary alicyclic amines) is 1. The van der Waals surface area contributed by atoms with Gasteiger partial charge >= 0.3 is 11.9 Å². The van der Waals surface area contributed by atoms with Gasteiger partial charge in [-0.25, -0.2) is 9.78 Å². The quantitative estimate of drug-likeness (QED) is 0.156. The first-order valence-corrected chi connectivity index (χ1v) is 10.4. The number of nitrogens with one attached hydrogen (secondary N) is 3. The van der Waals surface area contributed by atoms with E-state index in [2.05, 4.69) is 20.6 Å². The van der Waals surface area contributed by atoms with Gasteiger partial charge in [-0.3, -0.25) is 24.0 Å². The first kappa shape index (κ1) is 26.2. The Balaban J connectivity index is 2.13. The van der Waals surface area contributed by atoms with Gasteiger partial charge in [0, 0.05) is 24.9 Å². The van der Waals surface area contributed by atoms with E-state index in [0.29, 0.717) is 12.1 Å². The number of carboxylic acid groups (broad SMARTS) is 2. The van der Waals surface area contributed by atoms with Crippen molar-refractivity contribution in [3.05, 3.63) is 18.2 Å². The number of imidazole rings is 1. The smallest absolute Gasteiger partial charge is 0.326 e. The highest BCUT2D eigenvalue weighted by molar-refractivity contribution is 5.97. The maximum atomic E-state index is 12.9. The Hall–Kier alpha value is -4.01. The summed E-state index contributed by atoms with van der Waals surface area (Å²) in [5.74, 6) is -6.38. The molecule has 0 radical (unpaired) electrons. The number of amides is 4. The zero-order valence-corrected chi connectivity index (χ0v) is 18.1. The number of carbonyl (C=O) groups is 6. The van der Waals surface area contributed by atoms with Gasteiger partial charge in [0.15, 0.2) is 0 Å². The third-order valence-electron chi connectivity index (χ3n) is 5.18. The molecule has 4 amide bonds. The SMILES string of the molecule is NC(=O)CC(NC(=O)C(CC(=O)O)NC(=O)C(N)Cc1cnc[nH]1)C(=O)N1CCCC1C(=O)O. The zero-order chi connectivity index (χ0) is 25.4. The number of primary amides is 1. The van der Waals surface area contributed by atoms with Gasteiger partial charge in [0.1, 0.15) is 18.1 Å². The molecule has 2 heterocycles. The van der Waals surface area contributed by atoms with Crippen LogP contribution in [0.25, 0.3) is 0 Å². The van der Waals surface area contributed by atoms with Crippen LogP contribution in [0.3, 0.4) is 0 Å². The van der Waals surface area contributed by atoms with Gasteiger partial charge in [-0.1, -0.05) is 0 Å². The summed E-state index contributed by atoms with van der Waals surface area (Å²) < 4.78 is 0. The lowest BCUT2D eigenvalue weighted by Crippen LogP contribution is -2.58. The molecule has 1 saturated heterocycles. The van der Waals surface area contributed by atoms with E-state index < -0.39 is 72.6 Å². The average Bonchev–Trinajstić information content (AvgIpc) is 3.43. The highest BCUT2D eigenvalue weighted by Crippen LogP contribution is 2.19. The second kappa shape index (κ2) is 11.7. The Bertz CT molecular complexity index is 935. The Morgan fingerprint density at radius 1 is 1.12 bits per heavy atom. The number of aromatic nitrogens is 2. The van der Waals surface area contributed by atoms with Crippen LogP contribution in [-0.2, 0) is 35.2 Å². The summed E-state index contributed by atoms with van der Waals surface area (Å²) in [5, 5.41) is 22.9. The van der Waals surface area contributed by atoms with Crippen molar-refractivity contribution in [2.24, 2.45) is 11.5 Å². The monoisotopic (exact) mass is 481 g/mol. The highest BCUT2D eigenvalue weighted by Gasteiger charge is 2.39. The topological polar surface area (TPSA) is 251 Å². The van der Waals surface area contributed by atoms with Gasteiger partial charge in [-0.15, -0.1) is 0 Å². The molecule has 0 spiro atoms. The Kier molecular flexibility index (Phi) is 9.06. The number of hydrogen-bond donors (Lipinski definition) is 7. The lowest BCUT2D eigenvalue weighted by molar-refractivity contribution is -0.150. The van der Waals surface area contributed by atoms with Crippen molar-refractivity contribution in [2.75, 3.05) is 6.54 Å². The highest BCUT2D eigenvalue weighted by atomic mass is 16.4. The minimum Gasteiger partial charge on any atom is -0.481 e. The molecule has 34 heavy (non-hydrogen) atoms. The molecule has 4 atom stereocenters. The largest absolute Gasteiger partial charge is 0.481 e. The molecule has 1 aromatic rings. The molecule has 1 aliphatic heterocycles. The van der Waals surface area contributed by atoms with Crippen molar-refractivity contribution in [1.82, 2.24) is 25.5 Å². The third-order valence-corrected chi connectivity index (χ3v) is 5.18. The van der Waals surface area contributed by atoms with Gasteiger partial charge in [0.2, 0.25) is 23.6 Å². The minimum absolute atomic E-state index is 0.0293. The molecule has 0 aromatic carbocycles. The number of carbonyl (C=O) groups excluding carboxylic acids is 4. The fourth-order valence-corrected chi connectivity index (χ4v) is 3.55. The van der Waals surface area contributed by atoms with Crippen molar-refractivity contribution in [1.29, 1.82) is 0 Å². The number of aliphatic carboxylic acids is 2. The fraction of sp³-hybridized carbons (Fsp3) is 0.526. The summed E-state index contributed by atoms with van der Waals surface area (Å²) in [4.78, 5) is 79.8. The number of hydrogen-bond acceptors (Lipinski definition) is 8. The van der Waals surface area contributed by atoms with Crippen LogP contribution in [0.15, 0.2) is 12.5 Å². The summed E-state index contributed by atoms with van der Waals surface area (Å²) in [6, 6.07) is -5.45. The predicted octanol–water partition coefficient (Wildman–Crippen LogP) is -3.33. The zero-order valence-electron chi connectivity index (χ0n) is 18.1. The first-order chi connectivity index (χ1) is 16.0. The van der Waals surface area contributed by atoms with Crippen molar-refractivity contribution in [3.8, 4) is 0 Å². The number of carboxylic acids is 2. The minimum atomic E-state index is -1.63. The van der Waals surface area contributed by atoms with Crippen LogP contribution in [0.2, 0.25) is 0 Å². The van der Waals surface area contributed by atoms with Crippen LogP contribution >= 0.6 is 0 Å². The molecule has 2 rings (SSSR count). The molecule has 1 aromatic heterocycles. The molecule has 1 fully saturated rings. The van der Waals surface area contributed by atoms with Crippen LogP contribution in [0.5, 0.6) is 0 Å². The van der Waals surface area contributed by atoms with E-state index in [1.807, 2.05) is 0 Å². The summed E-state index contributed by atoms with van der Waals surface area (Å²) in [5.41, 5.74) is 11.5. The molecule has 15 nitrogen and oxygen atoms in total. The lowest BCUT2D eigenvalue weighted by Gasteiger charge is -2.28. The van der Waals surface area contributed by atoms with E-state index in [1.54, 1.807) is 0 Å². The van der Waals surface area contributed by atoms with Gasteiger partial charge in [-0.05, 0) is 12.8 Å². The summed E-state index contributed by atoms with van der Waals surface area (Å²) in [7, 11) is 0. The molecule has 0 aliphatic carbocycles. The molecular formula is C19H27N7O8.